The van der Waals surface area contributed by atoms with Crippen LogP contribution in [0.5, 0.6) is 0 Å². The number of fused-ring (bicyclic) bond motifs is 3. The van der Waals surface area contributed by atoms with Crippen molar-refractivity contribution in [2.24, 2.45) is 50.7 Å². The maximum atomic E-state index is 12.2. The van der Waals surface area contributed by atoms with Gasteiger partial charge < -0.3 is 50.0 Å². The molecule has 0 amide bonds. The molecule has 5 saturated carbocycles. The van der Waals surface area contributed by atoms with Gasteiger partial charge in [0.05, 0.1) is 24.4 Å². The first-order valence-electron chi connectivity index (χ1n) is 18.8. The second kappa shape index (κ2) is 12.3. The third-order valence-electron chi connectivity index (χ3n) is 15.9. The van der Waals surface area contributed by atoms with Crippen LogP contribution < -0.4 is 0 Å². The predicted molar refractivity (Wildman–Crippen MR) is 179 cm³/mol. The number of aliphatic hydroxyl groups excluding tert-OH is 6. The summed E-state index contributed by atoms with van der Waals surface area (Å²) in [6.45, 7) is 15.3. The highest BCUT2D eigenvalue weighted by atomic mass is 16.7. The summed E-state index contributed by atoms with van der Waals surface area (Å²) in [4.78, 5) is 12.2. The highest BCUT2D eigenvalue weighted by molar-refractivity contribution is 5.66. The van der Waals surface area contributed by atoms with Crippen molar-refractivity contribution < 1.29 is 54.8 Å². The highest BCUT2D eigenvalue weighted by Gasteiger charge is 2.85. The van der Waals surface area contributed by atoms with E-state index in [9.17, 15) is 40.5 Å². The fourth-order valence-electron chi connectivity index (χ4n) is 13.5. The Bertz CT molecular complexity index is 1250. The molecule has 17 atom stereocenters. The highest BCUT2D eigenvalue weighted by Crippen LogP contribution is 2.91. The zero-order chi connectivity index (χ0) is 36.3. The average molecular weight is 697 g/mol. The minimum atomic E-state index is -1.54. The number of rotatable bonds is 9. The molecule has 6 aliphatic rings. The molecule has 5 aliphatic carbocycles. The Morgan fingerprint density at radius 3 is 2.22 bits per heavy atom. The molecule has 0 spiro atoms. The SMILES string of the molecule is CC(=O)OC1CCC2(C)C(CC(OC3OC(CO)C(O)C(O)C3O)C3(C)C2CCC24CC23CCC4C(C)CC(O)C(O)C(C)(C)O)C1(C)C. The van der Waals surface area contributed by atoms with Crippen molar-refractivity contribution in [2.45, 2.75) is 174 Å². The van der Waals surface area contributed by atoms with Crippen LogP contribution in [0.4, 0.5) is 0 Å². The molecule has 6 rings (SSSR count). The second-order valence-electron chi connectivity index (χ2n) is 18.9. The number of carbonyl (C=O) groups is 1. The van der Waals surface area contributed by atoms with Gasteiger partial charge in [-0.25, -0.2) is 0 Å². The summed E-state index contributed by atoms with van der Waals surface area (Å²) < 4.78 is 18.9. The number of hydrogen-bond acceptors (Lipinski definition) is 11. The summed E-state index contributed by atoms with van der Waals surface area (Å²) in [6.07, 6.45) is -2.03. The van der Waals surface area contributed by atoms with E-state index >= 15 is 0 Å². The predicted octanol–water partition coefficient (Wildman–Crippen LogP) is 2.67. The Morgan fingerprint density at radius 1 is 0.939 bits per heavy atom. The minimum absolute atomic E-state index is 0.0295. The molecular formula is C38H64O11. The van der Waals surface area contributed by atoms with E-state index in [1.54, 1.807) is 0 Å². The monoisotopic (exact) mass is 696 g/mol. The summed E-state index contributed by atoms with van der Waals surface area (Å²) in [7, 11) is 0. The maximum Gasteiger partial charge on any atom is 0.302 e. The van der Waals surface area contributed by atoms with Crippen molar-refractivity contribution in [1.82, 2.24) is 0 Å². The van der Waals surface area contributed by atoms with Crippen molar-refractivity contribution >= 4 is 5.97 Å². The Labute approximate surface area is 291 Å². The number of aliphatic hydroxyl groups is 7. The van der Waals surface area contributed by atoms with Crippen molar-refractivity contribution in [1.29, 1.82) is 0 Å². The van der Waals surface area contributed by atoms with Crippen LogP contribution in [0.25, 0.3) is 0 Å². The van der Waals surface area contributed by atoms with Crippen LogP contribution in [0.1, 0.15) is 113 Å². The lowest BCUT2D eigenvalue weighted by Crippen LogP contribution is -2.68. The van der Waals surface area contributed by atoms with Crippen LogP contribution in [0, 0.1) is 50.7 Å². The molecule has 282 valence electrons. The van der Waals surface area contributed by atoms with Gasteiger partial charge in [0.25, 0.3) is 0 Å². The van der Waals surface area contributed by atoms with Crippen LogP contribution in [0.3, 0.4) is 0 Å². The van der Waals surface area contributed by atoms with Gasteiger partial charge in [0.15, 0.2) is 6.29 Å². The molecule has 11 nitrogen and oxygen atoms in total. The second-order valence-corrected chi connectivity index (χ2v) is 18.9. The lowest BCUT2D eigenvalue weighted by molar-refractivity contribution is -0.344. The molecule has 0 radical (unpaired) electrons. The molecule has 1 heterocycles. The normalized spacial score (nSPS) is 50.6. The van der Waals surface area contributed by atoms with Crippen LogP contribution in [-0.4, -0.2) is 109 Å². The lowest BCUT2D eigenvalue weighted by Gasteiger charge is -2.69. The van der Waals surface area contributed by atoms with E-state index < -0.39 is 61.2 Å². The van der Waals surface area contributed by atoms with E-state index in [2.05, 4.69) is 34.6 Å². The number of hydrogen-bond donors (Lipinski definition) is 7. The fourth-order valence-corrected chi connectivity index (χ4v) is 13.5. The van der Waals surface area contributed by atoms with Gasteiger partial charge in [-0.15, -0.1) is 0 Å². The standard InChI is InChI=1S/C38H64O11/c1-19(15-22(41)31(45)34(5,6)46)21-9-14-38-18-37(21,38)13-10-24-35(7)12-11-26(47-20(2)40)33(3,4)25(35)16-27(36(24,38)8)49-32-30(44)29(43)28(42)23(17-39)48-32/h19,21-32,39,41-46H,9-18H2,1-8H3. The average Bonchev–Trinajstić information content (AvgIpc) is 3.58. The molecule has 1 aliphatic heterocycles. The van der Waals surface area contributed by atoms with Gasteiger partial charge >= 0.3 is 5.97 Å². The van der Waals surface area contributed by atoms with Crippen LogP contribution in [-0.2, 0) is 19.0 Å². The molecule has 0 aromatic carbocycles. The number of ether oxygens (including phenoxy) is 3. The molecule has 11 heteroatoms. The smallest absolute Gasteiger partial charge is 0.302 e. The van der Waals surface area contributed by atoms with Crippen LogP contribution >= 0.6 is 0 Å². The van der Waals surface area contributed by atoms with Gasteiger partial charge in [-0.05, 0) is 112 Å². The quantitative estimate of drug-likeness (QED) is 0.139. The summed E-state index contributed by atoms with van der Waals surface area (Å²) in [6, 6.07) is 0. The molecule has 0 aromatic rings. The Hall–Kier alpha value is -0.890. The number of carbonyl (C=O) groups excluding carboxylic acids is 1. The molecular weight excluding hydrogens is 632 g/mol. The first-order chi connectivity index (χ1) is 22.6. The largest absolute Gasteiger partial charge is 0.462 e. The minimum Gasteiger partial charge on any atom is -0.462 e. The Morgan fingerprint density at radius 2 is 1.61 bits per heavy atom. The lowest BCUT2D eigenvalue weighted by atomic mass is 9.37. The van der Waals surface area contributed by atoms with Gasteiger partial charge in [-0.3, -0.25) is 4.79 Å². The Balaban J connectivity index is 1.36. The van der Waals surface area contributed by atoms with Crippen molar-refractivity contribution in [3.05, 3.63) is 0 Å². The van der Waals surface area contributed by atoms with E-state index in [-0.39, 0.29) is 56.9 Å². The molecule has 6 fully saturated rings. The maximum absolute atomic E-state index is 12.2. The van der Waals surface area contributed by atoms with E-state index in [1.165, 1.54) is 20.8 Å². The first-order valence-corrected chi connectivity index (χ1v) is 18.8. The Kier molecular flexibility index (Phi) is 9.53. The molecule has 17 unspecified atom stereocenters. The van der Waals surface area contributed by atoms with Crippen molar-refractivity contribution in [3.8, 4) is 0 Å². The molecule has 0 aromatic heterocycles. The van der Waals surface area contributed by atoms with E-state index in [1.807, 2.05) is 0 Å². The van der Waals surface area contributed by atoms with Gasteiger partial charge in [-0.1, -0.05) is 34.6 Å². The molecule has 7 N–H and O–H groups in total. The summed E-state index contributed by atoms with van der Waals surface area (Å²) in [5.41, 5.74) is -2.24. The first kappa shape index (κ1) is 37.9. The van der Waals surface area contributed by atoms with Crippen molar-refractivity contribution in [3.63, 3.8) is 0 Å². The number of esters is 1. The van der Waals surface area contributed by atoms with Gasteiger partial charge in [0.2, 0.25) is 0 Å². The van der Waals surface area contributed by atoms with Crippen LogP contribution in [0.15, 0.2) is 0 Å². The topological polar surface area (TPSA) is 186 Å². The summed E-state index contributed by atoms with van der Waals surface area (Å²) in [5, 5.41) is 74.4. The zero-order valence-corrected chi connectivity index (χ0v) is 30.8. The molecule has 1 saturated heterocycles. The van der Waals surface area contributed by atoms with E-state index in [4.69, 9.17) is 14.2 Å². The van der Waals surface area contributed by atoms with E-state index in [0.29, 0.717) is 18.8 Å². The van der Waals surface area contributed by atoms with E-state index in [0.717, 1.165) is 44.9 Å². The summed E-state index contributed by atoms with van der Waals surface area (Å²) >= 11 is 0. The molecule has 0 bridgehead atoms. The fraction of sp³-hybridized carbons (Fsp3) is 0.974. The third-order valence-corrected chi connectivity index (χ3v) is 15.9. The van der Waals surface area contributed by atoms with Crippen LogP contribution in [0.2, 0.25) is 0 Å². The van der Waals surface area contributed by atoms with Crippen molar-refractivity contribution in [2.75, 3.05) is 6.61 Å². The van der Waals surface area contributed by atoms with Gasteiger partial charge in [0.1, 0.15) is 36.6 Å². The zero-order valence-electron chi connectivity index (χ0n) is 30.8. The summed E-state index contributed by atoms with van der Waals surface area (Å²) in [5.74, 6) is 0.513. The third kappa shape index (κ3) is 5.41. The van der Waals surface area contributed by atoms with Gasteiger partial charge in [0, 0.05) is 17.8 Å². The molecule has 49 heavy (non-hydrogen) atoms. The van der Waals surface area contributed by atoms with Gasteiger partial charge in [-0.2, -0.15) is 0 Å².